The van der Waals surface area contributed by atoms with Crippen molar-refractivity contribution < 1.29 is 9.21 Å². The van der Waals surface area contributed by atoms with Gasteiger partial charge in [0.05, 0.1) is 17.5 Å². The highest BCUT2D eigenvalue weighted by Gasteiger charge is 2.33. The number of rotatable bonds is 1. The quantitative estimate of drug-likeness (QED) is 0.574. The first-order valence-corrected chi connectivity index (χ1v) is 7.00. The van der Waals surface area contributed by atoms with Crippen molar-refractivity contribution in [1.29, 1.82) is 0 Å². The van der Waals surface area contributed by atoms with Crippen molar-refractivity contribution in [3.8, 4) is 22.7 Å². The van der Waals surface area contributed by atoms with Crippen LogP contribution in [0.2, 0.25) is 0 Å². The molecule has 0 unspecified atom stereocenters. The summed E-state index contributed by atoms with van der Waals surface area (Å²) in [6.07, 6.45) is 1.53. The van der Waals surface area contributed by atoms with Crippen LogP contribution in [0.25, 0.3) is 22.7 Å². The lowest BCUT2D eigenvalue weighted by Gasteiger charge is -2.05. The van der Waals surface area contributed by atoms with E-state index in [1.807, 2.05) is 12.1 Å². The minimum Gasteiger partial charge on any atom is -0.463 e. The van der Waals surface area contributed by atoms with Crippen molar-refractivity contribution in [2.45, 2.75) is 0 Å². The Balaban J connectivity index is 2.08. The van der Waals surface area contributed by atoms with E-state index in [2.05, 4.69) is 25.9 Å². The average Bonchev–Trinajstić information content (AvgIpc) is 3.07. The fraction of sp³-hybridized carbons (Fsp3) is 0. The molecule has 6 heteroatoms. The molecule has 4 rings (SSSR count). The fourth-order valence-electron chi connectivity index (χ4n) is 2.52. The molecule has 0 saturated carbocycles. The molecule has 5 nitrogen and oxygen atoms in total. The predicted molar refractivity (Wildman–Crippen MR) is 80.7 cm³/mol. The molecule has 2 heterocycles. The number of halogens is 1. The lowest BCUT2D eigenvalue weighted by molar-refractivity contribution is 0.104. The van der Waals surface area contributed by atoms with E-state index < -0.39 is 0 Å². The number of fused-ring (bicyclic) bond motifs is 3. The highest BCUT2D eigenvalue weighted by atomic mass is 79.9. The van der Waals surface area contributed by atoms with Gasteiger partial charge in [0.25, 0.3) is 0 Å². The number of furan rings is 1. The van der Waals surface area contributed by atoms with E-state index in [-0.39, 0.29) is 11.7 Å². The standard InChI is InChI=1S/C15H8BrN3O2/c16-7-3-4-8-9(6-7)12-11(14(8)20)13(19-15(17)18-12)10-2-1-5-21-10/h1-6H,(H2,17,18,19). The van der Waals surface area contributed by atoms with E-state index in [4.69, 9.17) is 10.2 Å². The molecule has 1 aromatic carbocycles. The lowest BCUT2D eigenvalue weighted by atomic mass is 10.1. The van der Waals surface area contributed by atoms with Crippen LogP contribution in [0.5, 0.6) is 0 Å². The summed E-state index contributed by atoms with van der Waals surface area (Å²) in [7, 11) is 0. The highest BCUT2D eigenvalue weighted by molar-refractivity contribution is 9.10. The Labute approximate surface area is 128 Å². The molecule has 0 fully saturated rings. The van der Waals surface area contributed by atoms with Gasteiger partial charge >= 0.3 is 0 Å². The number of aromatic nitrogens is 2. The Morgan fingerprint density at radius 1 is 1.10 bits per heavy atom. The van der Waals surface area contributed by atoms with Crippen molar-refractivity contribution in [2.24, 2.45) is 0 Å². The van der Waals surface area contributed by atoms with Crippen LogP contribution in [-0.4, -0.2) is 15.8 Å². The van der Waals surface area contributed by atoms with Crippen molar-refractivity contribution in [1.82, 2.24) is 9.97 Å². The van der Waals surface area contributed by atoms with Crippen LogP contribution in [0.3, 0.4) is 0 Å². The molecular weight excluding hydrogens is 334 g/mol. The van der Waals surface area contributed by atoms with E-state index in [1.165, 1.54) is 6.26 Å². The SMILES string of the molecule is Nc1nc(-c2ccco2)c2c(n1)-c1cc(Br)ccc1C2=O. The second-order valence-corrected chi connectivity index (χ2v) is 5.57. The number of nitrogens with zero attached hydrogens (tertiary/aromatic N) is 2. The summed E-state index contributed by atoms with van der Waals surface area (Å²) in [5.41, 5.74) is 8.56. The summed E-state index contributed by atoms with van der Waals surface area (Å²) >= 11 is 3.41. The normalized spacial score (nSPS) is 12.3. The molecule has 0 atom stereocenters. The molecule has 0 bridgehead atoms. The second kappa shape index (κ2) is 4.26. The summed E-state index contributed by atoms with van der Waals surface area (Å²) in [4.78, 5) is 21.1. The molecule has 102 valence electrons. The monoisotopic (exact) mass is 341 g/mol. The Hall–Kier alpha value is -2.47. The molecule has 3 aromatic rings. The predicted octanol–water partition coefficient (Wildman–Crippen LogP) is 3.29. The van der Waals surface area contributed by atoms with Crippen LogP contribution in [0.4, 0.5) is 5.95 Å². The summed E-state index contributed by atoms with van der Waals surface area (Å²) in [5, 5.41) is 0. The minimum absolute atomic E-state index is 0.112. The van der Waals surface area contributed by atoms with E-state index in [0.717, 1.165) is 10.0 Å². The van der Waals surface area contributed by atoms with Crippen LogP contribution in [0.15, 0.2) is 45.5 Å². The molecule has 0 aliphatic heterocycles. The summed E-state index contributed by atoms with van der Waals surface area (Å²) in [6.45, 7) is 0. The van der Waals surface area contributed by atoms with Gasteiger partial charge in [0, 0.05) is 15.6 Å². The van der Waals surface area contributed by atoms with Gasteiger partial charge < -0.3 is 10.2 Å². The van der Waals surface area contributed by atoms with Crippen molar-refractivity contribution in [2.75, 3.05) is 5.73 Å². The average molecular weight is 342 g/mol. The highest BCUT2D eigenvalue weighted by Crippen LogP contribution is 2.41. The first-order chi connectivity index (χ1) is 10.1. The van der Waals surface area contributed by atoms with Gasteiger partial charge in [-0.15, -0.1) is 0 Å². The lowest BCUT2D eigenvalue weighted by Crippen LogP contribution is -2.04. The number of nitrogen functional groups attached to an aromatic ring is 1. The molecule has 21 heavy (non-hydrogen) atoms. The van der Waals surface area contributed by atoms with Gasteiger partial charge in [0.15, 0.2) is 11.5 Å². The number of hydrogen-bond donors (Lipinski definition) is 1. The molecule has 0 saturated heterocycles. The number of carbonyl (C=O) groups is 1. The molecule has 0 spiro atoms. The largest absolute Gasteiger partial charge is 0.463 e. The van der Waals surface area contributed by atoms with Gasteiger partial charge in [-0.3, -0.25) is 4.79 Å². The first-order valence-electron chi connectivity index (χ1n) is 6.21. The Bertz CT molecular complexity index is 888. The van der Waals surface area contributed by atoms with E-state index in [1.54, 1.807) is 18.2 Å². The Kier molecular flexibility index (Phi) is 2.49. The van der Waals surface area contributed by atoms with Crippen molar-refractivity contribution in [3.63, 3.8) is 0 Å². The summed E-state index contributed by atoms with van der Waals surface area (Å²) in [5.74, 6) is 0.500. The molecule has 0 radical (unpaired) electrons. The van der Waals surface area contributed by atoms with E-state index in [0.29, 0.717) is 28.3 Å². The van der Waals surface area contributed by atoms with Gasteiger partial charge in [-0.2, -0.15) is 0 Å². The van der Waals surface area contributed by atoms with Gasteiger partial charge in [0.1, 0.15) is 5.69 Å². The molecule has 2 aromatic heterocycles. The summed E-state index contributed by atoms with van der Waals surface area (Å²) < 4.78 is 6.24. The van der Waals surface area contributed by atoms with E-state index >= 15 is 0 Å². The van der Waals surface area contributed by atoms with Crippen molar-refractivity contribution >= 4 is 27.7 Å². The number of carbonyl (C=O) groups excluding carboxylic acids is 1. The third-order valence-electron chi connectivity index (χ3n) is 3.39. The Morgan fingerprint density at radius 3 is 2.67 bits per heavy atom. The maximum atomic E-state index is 12.6. The third-order valence-corrected chi connectivity index (χ3v) is 3.88. The van der Waals surface area contributed by atoms with Crippen LogP contribution in [0.1, 0.15) is 15.9 Å². The maximum absolute atomic E-state index is 12.6. The zero-order valence-corrected chi connectivity index (χ0v) is 12.2. The van der Waals surface area contributed by atoms with Gasteiger partial charge in [-0.05, 0) is 30.3 Å². The smallest absolute Gasteiger partial charge is 0.221 e. The Morgan fingerprint density at radius 2 is 1.90 bits per heavy atom. The zero-order chi connectivity index (χ0) is 14.6. The van der Waals surface area contributed by atoms with Crippen LogP contribution < -0.4 is 5.73 Å². The minimum atomic E-state index is -0.112. The van der Waals surface area contributed by atoms with Gasteiger partial charge in [-0.1, -0.05) is 15.9 Å². The topological polar surface area (TPSA) is 82.0 Å². The summed E-state index contributed by atoms with van der Waals surface area (Å²) in [6, 6.07) is 8.94. The molecular formula is C15H8BrN3O2. The van der Waals surface area contributed by atoms with Gasteiger partial charge in [-0.25, -0.2) is 9.97 Å². The number of nitrogens with two attached hydrogens (primary N) is 1. The number of hydrogen-bond acceptors (Lipinski definition) is 5. The molecule has 2 N–H and O–H groups in total. The maximum Gasteiger partial charge on any atom is 0.221 e. The van der Waals surface area contributed by atoms with Crippen molar-refractivity contribution in [3.05, 3.63) is 52.2 Å². The number of ketones is 1. The van der Waals surface area contributed by atoms with Gasteiger partial charge in [0.2, 0.25) is 5.95 Å². The third kappa shape index (κ3) is 1.72. The zero-order valence-electron chi connectivity index (χ0n) is 10.6. The van der Waals surface area contributed by atoms with Crippen LogP contribution in [0, 0.1) is 0 Å². The number of benzene rings is 1. The van der Waals surface area contributed by atoms with E-state index in [9.17, 15) is 4.79 Å². The molecule has 1 aliphatic rings. The fourth-order valence-corrected chi connectivity index (χ4v) is 2.89. The molecule has 0 amide bonds. The number of anilines is 1. The molecule has 1 aliphatic carbocycles. The first kappa shape index (κ1) is 12.3. The van der Waals surface area contributed by atoms with Crippen LogP contribution >= 0.6 is 15.9 Å². The van der Waals surface area contributed by atoms with Crippen LogP contribution in [-0.2, 0) is 0 Å². The second-order valence-electron chi connectivity index (χ2n) is 4.65.